The maximum atomic E-state index is 11.7. The monoisotopic (exact) mass is 323 g/mol. The topological polar surface area (TPSA) is 142 Å². The summed E-state index contributed by atoms with van der Waals surface area (Å²) in [5.74, 6) is -1.22. The Labute approximate surface area is 130 Å². The van der Waals surface area contributed by atoms with Crippen LogP contribution in [-0.4, -0.2) is 44.7 Å². The lowest BCUT2D eigenvalue weighted by molar-refractivity contribution is -0.146. The van der Waals surface area contributed by atoms with E-state index in [1.54, 1.807) is 4.57 Å². The maximum absolute atomic E-state index is 11.7. The van der Waals surface area contributed by atoms with E-state index in [-0.39, 0.29) is 37.1 Å². The molecule has 0 aliphatic rings. The number of H-pyrrole nitrogens is 1. The zero-order valence-corrected chi connectivity index (χ0v) is 12.7. The molecule has 0 atom stereocenters. The van der Waals surface area contributed by atoms with Crippen molar-refractivity contribution in [3.05, 3.63) is 16.7 Å². The van der Waals surface area contributed by atoms with Crippen LogP contribution < -0.4 is 11.3 Å². The molecule has 2 aromatic heterocycles. The number of nitrogens with one attached hydrogen (secondary N) is 1. The molecule has 0 radical (unpaired) electrons. The van der Waals surface area contributed by atoms with Crippen LogP contribution in [0.25, 0.3) is 11.2 Å². The Bertz CT molecular complexity index is 763. The minimum absolute atomic E-state index is 0.0271. The molecule has 2 aromatic rings. The van der Waals surface area contributed by atoms with E-state index in [1.165, 1.54) is 20.2 Å². The molecule has 0 amide bonds. The molecule has 0 saturated carbocycles. The lowest BCUT2D eigenvalue weighted by Gasteiger charge is -2.17. The third-order valence-electron chi connectivity index (χ3n) is 2.99. The van der Waals surface area contributed by atoms with Crippen molar-refractivity contribution in [2.75, 3.05) is 18.9 Å². The number of nitrogens with two attached hydrogens (primary N) is 1. The van der Waals surface area contributed by atoms with Gasteiger partial charge >= 0.3 is 11.9 Å². The van der Waals surface area contributed by atoms with Gasteiger partial charge in [0.15, 0.2) is 11.2 Å². The summed E-state index contributed by atoms with van der Waals surface area (Å²) < 4.78 is 11.5. The quantitative estimate of drug-likeness (QED) is 0.674. The maximum Gasteiger partial charge on any atom is 0.302 e. The number of esters is 2. The van der Waals surface area contributed by atoms with Gasteiger partial charge in [0.2, 0.25) is 5.95 Å². The number of carbonyl (C=O) groups excluding carboxylic acids is 2. The van der Waals surface area contributed by atoms with Gasteiger partial charge in [-0.05, 0) is 0 Å². The van der Waals surface area contributed by atoms with Gasteiger partial charge in [-0.2, -0.15) is 4.98 Å². The number of rotatable bonds is 6. The Morgan fingerprint density at radius 2 is 1.91 bits per heavy atom. The summed E-state index contributed by atoms with van der Waals surface area (Å²) in [6.07, 6.45) is 1.43. The number of hydrogen-bond acceptors (Lipinski definition) is 8. The van der Waals surface area contributed by atoms with E-state index in [2.05, 4.69) is 15.0 Å². The molecular weight excluding hydrogens is 306 g/mol. The highest BCUT2D eigenvalue weighted by Gasteiger charge is 2.17. The average molecular weight is 323 g/mol. The summed E-state index contributed by atoms with van der Waals surface area (Å²) in [4.78, 5) is 44.1. The highest BCUT2D eigenvalue weighted by atomic mass is 16.5. The standard InChI is InChI=1S/C13H17N5O5/c1-7(19)22-4-9(5-23-8(2)20)3-18-6-15-10-11(18)16-13(14)17-12(10)21/h6,9H,3-5H2,1-2H3,(H3,14,16,17,21). The fourth-order valence-electron chi connectivity index (χ4n) is 2.01. The molecule has 0 aliphatic heterocycles. The average Bonchev–Trinajstić information content (AvgIpc) is 2.84. The van der Waals surface area contributed by atoms with E-state index in [9.17, 15) is 14.4 Å². The molecule has 124 valence electrons. The van der Waals surface area contributed by atoms with E-state index >= 15 is 0 Å². The van der Waals surface area contributed by atoms with Gasteiger partial charge in [0.1, 0.15) is 0 Å². The zero-order valence-electron chi connectivity index (χ0n) is 12.7. The highest BCUT2D eigenvalue weighted by molar-refractivity contribution is 5.70. The fourth-order valence-corrected chi connectivity index (χ4v) is 2.01. The van der Waals surface area contributed by atoms with Gasteiger partial charge in [0, 0.05) is 26.3 Å². The molecule has 0 saturated heterocycles. The second-order valence-corrected chi connectivity index (χ2v) is 4.99. The van der Waals surface area contributed by atoms with Gasteiger partial charge in [-0.15, -0.1) is 0 Å². The number of fused-ring (bicyclic) bond motifs is 1. The van der Waals surface area contributed by atoms with Gasteiger partial charge in [0.25, 0.3) is 5.56 Å². The van der Waals surface area contributed by atoms with E-state index in [0.717, 1.165) is 0 Å². The molecule has 10 nitrogen and oxygen atoms in total. The van der Waals surface area contributed by atoms with Crippen molar-refractivity contribution < 1.29 is 19.1 Å². The van der Waals surface area contributed by atoms with Crippen LogP contribution in [0.4, 0.5) is 5.95 Å². The number of aromatic nitrogens is 4. The normalized spacial score (nSPS) is 10.9. The van der Waals surface area contributed by atoms with E-state index in [4.69, 9.17) is 15.2 Å². The van der Waals surface area contributed by atoms with Crippen LogP contribution >= 0.6 is 0 Å². The second-order valence-electron chi connectivity index (χ2n) is 4.99. The lowest BCUT2D eigenvalue weighted by atomic mass is 10.2. The van der Waals surface area contributed by atoms with Gasteiger partial charge in [-0.1, -0.05) is 0 Å². The summed E-state index contributed by atoms with van der Waals surface area (Å²) in [6.45, 7) is 2.98. The minimum atomic E-state index is -0.442. The number of nitrogen functional groups attached to an aromatic ring is 1. The molecule has 0 bridgehead atoms. The van der Waals surface area contributed by atoms with Crippen molar-refractivity contribution in [1.29, 1.82) is 0 Å². The molecule has 23 heavy (non-hydrogen) atoms. The molecule has 0 spiro atoms. The first-order valence-electron chi connectivity index (χ1n) is 6.84. The number of ether oxygens (including phenoxy) is 2. The molecule has 0 fully saturated rings. The first-order valence-corrected chi connectivity index (χ1v) is 6.84. The molecule has 0 aliphatic carbocycles. The fraction of sp³-hybridized carbons (Fsp3) is 0.462. The number of imidazole rings is 1. The summed E-state index contributed by atoms with van der Waals surface area (Å²) in [7, 11) is 0. The van der Waals surface area contributed by atoms with Gasteiger partial charge in [-0.25, -0.2) is 4.98 Å². The van der Waals surface area contributed by atoms with Crippen LogP contribution in [0.15, 0.2) is 11.1 Å². The zero-order chi connectivity index (χ0) is 17.0. The molecule has 3 N–H and O–H groups in total. The van der Waals surface area contributed by atoms with Crippen molar-refractivity contribution in [3.63, 3.8) is 0 Å². The largest absolute Gasteiger partial charge is 0.465 e. The van der Waals surface area contributed by atoms with E-state index in [1.807, 2.05) is 0 Å². The number of hydrogen-bond donors (Lipinski definition) is 2. The Morgan fingerprint density at radius 3 is 2.48 bits per heavy atom. The second kappa shape index (κ2) is 6.90. The SMILES string of the molecule is CC(=O)OCC(COC(C)=O)Cn1cnc2c(=O)[nH]c(N)nc21. The summed E-state index contributed by atoms with van der Waals surface area (Å²) in [5.41, 5.74) is 5.55. The predicted molar refractivity (Wildman–Crippen MR) is 79.3 cm³/mol. The molecule has 10 heteroatoms. The Hall–Kier alpha value is -2.91. The van der Waals surface area contributed by atoms with Crippen molar-refractivity contribution in [3.8, 4) is 0 Å². The van der Waals surface area contributed by atoms with E-state index < -0.39 is 17.5 Å². The minimum Gasteiger partial charge on any atom is -0.465 e. The molecular formula is C13H17N5O5. The number of nitrogens with zero attached hydrogens (tertiary/aromatic N) is 3. The van der Waals surface area contributed by atoms with Crippen molar-refractivity contribution >= 4 is 29.1 Å². The number of anilines is 1. The van der Waals surface area contributed by atoms with Crippen LogP contribution in [0.2, 0.25) is 0 Å². The van der Waals surface area contributed by atoms with E-state index in [0.29, 0.717) is 5.65 Å². The Morgan fingerprint density at radius 1 is 1.30 bits per heavy atom. The number of aromatic amines is 1. The van der Waals surface area contributed by atoms with Crippen LogP contribution in [0.1, 0.15) is 13.8 Å². The summed E-state index contributed by atoms with van der Waals surface area (Å²) in [6, 6.07) is 0. The lowest BCUT2D eigenvalue weighted by Crippen LogP contribution is -2.24. The van der Waals surface area contributed by atoms with Crippen LogP contribution in [0, 0.1) is 5.92 Å². The van der Waals surface area contributed by atoms with Gasteiger partial charge in [0.05, 0.1) is 19.5 Å². The highest BCUT2D eigenvalue weighted by Crippen LogP contribution is 2.11. The van der Waals surface area contributed by atoms with Gasteiger partial charge in [-0.3, -0.25) is 19.4 Å². The first-order chi connectivity index (χ1) is 10.9. The predicted octanol–water partition coefficient (Wildman–Crippen LogP) is -0.556. The third-order valence-corrected chi connectivity index (χ3v) is 2.99. The molecule has 2 heterocycles. The van der Waals surface area contributed by atoms with Crippen molar-refractivity contribution in [1.82, 2.24) is 19.5 Å². The molecule has 0 aromatic carbocycles. The Balaban J connectivity index is 2.22. The van der Waals surface area contributed by atoms with Gasteiger partial charge < -0.3 is 19.8 Å². The number of carbonyl (C=O) groups is 2. The first kappa shape index (κ1) is 16.5. The molecule has 0 unspecified atom stereocenters. The smallest absolute Gasteiger partial charge is 0.302 e. The summed E-state index contributed by atoms with van der Waals surface area (Å²) >= 11 is 0. The third kappa shape index (κ3) is 4.28. The van der Waals surface area contributed by atoms with Crippen molar-refractivity contribution in [2.24, 2.45) is 5.92 Å². The van der Waals surface area contributed by atoms with Crippen LogP contribution in [0.5, 0.6) is 0 Å². The van der Waals surface area contributed by atoms with Crippen molar-refractivity contribution in [2.45, 2.75) is 20.4 Å². The summed E-state index contributed by atoms with van der Waals surface area (Å²) in [5, 5.41) is 0. The Kier molecular flexibility index (Phi) is 4.94. The molecule has 2 rings (SSSR count). The van der Waals surface area contributed by atoms with Crippen LogP contribution in [-0.2, 0) is 25.6 Å². The van der Waals surface area contributed by atoms with Crippen LogP contribution in [0.3, 0.4) is 0 Å².